The summed E-state index contributed by atoms with van der Waals surface area (Å²) < 4.78 is 7.63. The van der Waals surface area contributed by atoms with Gasteiger partial charge in [-0.2, -0.15) is 0 Å². The summed E-state index contributed by atoms with van der Waals surface area (Å²) in [5, 5.41) is 15.3. The standard InChI is InChI=1S/C26H26Cl2N2O3/c1-15(22-12-19-21(30(22)2)11-10-20(27)24(19)28)29-26(13-33-14-26)18-8-6-17(7-9-18)23(25(31)32)16-4-3-5-16/h6-12,16,23,29H,1,3-5,13-14H2,2H3,(H,31,32). The molecule has 0 amide bonds. The van der Waals surface area contributed by atoms with Crippen molar-refractivity contribution in [2.24, 2.45) is 13.0 Å². The fraction of sp³-hybridized carbons (Fsp3) is 0.346. The van der Waals surface area contributed by atoms with Crippen molar-refractivity contribution in [3.63, 3.8) is 0 Å². The minimum absolute atomic E-state index is 0.235. The van der Waals surface area contributed by atoms with Gasteiger partial charge in [-0.3, -0.25) is 4.79 Å². The molecule has 0 radical (unpaired) electrons. The van der Waals surface area contributed by atoms with Crippen LogP contribution >= 0.6 is 23.2 Å². The summed E-state index contributed by atoms with van der Waals surface area (Å²) >= 11 is 12.6. The maximum Gasteiger partial charge on any atom is 0.311 e. The molecule has 2 aromatic carbocycles. The van der Waals surface area contributed by atoms with Gasteiger partial charge in [-0.05, 0) is 48.1 Å². The van der Waals surface area contributed by atoms with Crippen molar-refractivity contribution in [2.75, 3.05) is 13.2 Å². The van der Waals surface area contributed by atoms with Gasteiger partial charge in [0.1, 0.15) is 5.54 Å². The molecule has 2 heterocycles. The molecule has 172 valence electrons. The first-order valence-electron chi connectivity index (χ1n) is 11.1. The Morgan fingerprint density at radius 2 is 1.91 bits per heavy atom. The Morgan fingerprint density at radius 3 is 2.45 bits per heavy atom. The number of hydrogen-bond donors (Lipinski definition) is 2. The van der Waals surface area contributed by atoms with E-state index in [0.29, 0.717) is 23.3 Å². The number of fused-ring (bicyclic) bond motifs is 1. The predicted octanol–water partition coefficient (Wildman–Crippen LogP) is 5.94. The number of carboxylic acid groups (broad SMARTS) is 1. The van der Waals surface area contributed by atoms with Crippen molar-refractivity contribution in [3.05, 3.63) is 75.9 Å². The highest BCUT2D eigenvalue weighted by molar-refractivity contribution is 6.45. The number of carbonyl (C=O) groups is 1. The van der Waals surface area contributed by atoms with E-state index in [2.05, 4.69) is 11.9 Å². The molecule has 1 saturated heterocycles. The normalized spacial score (nSPS) is 18.4. The van der Waals surface area contributed by atoms with E-state index in [1.54, 1.807) is 6.07 Å². The van der Waals surface area contributed by atoms with E-state index in [1.165, 1.54) is 0 Å². The first-order chi connectivity index (χ1) is 15.8. The molecular formula is C26H26Cl2N2O3. The average molecular weight is 485 g/mol. The van der Waals surface area contributed by atoms with Crippen molar-refractivity contribution in [2.45, 2.75) is 30.7 Å². The van der Waals surface area contributed by atoms with Crippen LogP contribution in [0.3, 0.4) is 0 Å². The third kappa shape index (κ3) is 3.72. The first kappa shape index (κ1) is 22.3. The SMILES string of the molecule is C=C(NC1(c2ccc(C(C(=O)O)C3CCC3)cc2)COC1)c1cc2c(Cl)c(Cl)ccc2n1C. The van der Waals surface area contributed by atoms with Gasteiger partial charge in [-0.15, -0.1) is 0 Å². The second-order valence-electron chi connectivity index (χ2n) is 9.19. The predicted molar refractivity (Wildman–Crippen MR) is 132 cm³/mol. The summed E-state index contributed by atoms with van der Waals surface area (Å²) in [6.45, 7) is 5.31. The highest BCUT2D eigenvalue weighted by Crippen LogP contribution is 2.41. The maximum atomic E-state index is 11.9. The van der Waals surface area contributed by atoms with Gasteiger partial charge < -0.3 is 19.7 Å². The molecule has 3 aromatic rings. The quantitative estimate of drug-likeness (QED) is 0.435. The Labute approximate surface area is 202 Å². The molecule has 1 unspecified atom stereocenters. The van der Waals surface area contributed by atoms with Crippen molar-refractivity contribution < 1.29 is 14.6 Å². The fourth-order valence-electron chi connectivity index (χ4n) is 5.01. The lowest BCUT2D eigenvalue weighted by Gasteiger charge is -2.44. The van der Waals surface area contributed by atoms with E-state index in [4.69, 9.17) is 27.9 Å². The second-order valence-corrected chi connectivity index (χ2v) is 9.98. The zero-order chi connectivity index (χ0) is 23.3. The van der Waals surface area contributed by atoms with Crippen LogP contribution in [0.1, 0.15) is 42.0 Å². The van der Waals surface area contributed by atoms with Crippen LogP contribution in [0.15, 0.2) is 49.0 Å². The number of nitrogens with zero attached hydrogens (tertiary/aromatic N) is 1. The Bertz CT molecular complexity index is 1240. The summed E-state index contributed by atoms with van der Waals surface area (Å²) in [4.78, 5) is 11.9. The van der Waals surface area contributed by atoms with Crippen LogP contribution < -0.4 is 5.32 Å². The van der Waals surface area contributed by atoms with E-state index in [-0.39, 0.29) is 5.92 Å². The number of benzene rings is 2. The summed E-state index contributed by atoms with van der Waals surface area (Å²) in [5.41, 5.74) is 4.14. The second kappa shape index (κ2) is 8.39. The molecule has 0 spiro atoms. The van der Waals surface area contributed by atoms with Gasteiger partial charge in [0.05, 0.1) is 40.6 Å². The molecule has 1 aliphatic carbocycles. The minimum atomic E-state index is -0.741. The number of hydrogen-bond acceptors (Lipinski definition) is 3. The van der Waals surface area contributed by atoms with E-state index in [0.717, 1.165) is 52.7 Å². The summed E-state index contributed by atoms with van der Waals surface area (Å²) in [6, 6.07) is 13.7. The van der Waals surface area contributed by atoms with Gasteiger partial charge in [0.2, 0.25) is 0 Å². The van der Waals surface area contributed by atoms with E-state index in [1.807, 2.05) is 48.0 Å². The Balaban J connectivity index is 1.41. The molecule has 2 fully saturated rings. The van der Waals surface area contributed by atoms with Crippen LogP contribution in [-0.2, 0) is 22.1 Å². The fourth-order valence-corrected chi connectivity index (χ4v) is 5.39. The number of carboxylic acids is 1. The van der Waals surface area contributed by atoms with Gasteiger partial charge in [-0.25, -0.2) is 0 Å². The number of nitrogens with one attached hydrogen (secondary N) is 1. The lowest BCUT2D eigenvalue weighted by Crippen LogP contribution is -2.56. The van der Waals surface area contributed by atoms with Crippen molar-refractivity contribution in [1.29, 1.82) is 0 Å². The first-order valence-corrected chi connectivity index (χ1v) is 11.9. The lowest BCUT2D eigenvalue weighted by molar-refractivity contribution is -0.141. The number of ether oxygens (including phenoxy) is 1. The Hall–Kier alpha value is -2.47. The number of aryl methyl sites for hydroxylation is 1. The highest BCUT2D eigenvalue weighted by Gasteiger charge is 2.41. The number of aromatic nitrogens is 1. The zero-order valence-corrected chi connectivity index (χ0v) is 19.9. The third-order valence-corrected chi connectivity index (χ3v) is 8.04. The van der Waals surface area contributed by atoms with Crippen LogP contribution in [0.25, 0.3) is 16.6 Å². The minimum Gasteiger partial charge on any atom is -0.481 e. The molecule has 5 nitrogen and oxygen atoms in total. The van der Waals surface area contributed by atoms with Gasteiger partial charge in [0.25, 0.3) is 0 Å². The lowest BCUT2D eigenvalue weighted by atomic mass is 9.72. The molecule has 7 heteroatoms. The van der Waals surface area contributed by atoms with E-state index in [9.17, 15) is 9.90 Å². The topological polar surface area (TPSA) is 63.5 Å². The third-order valence-electron chi connectivity index (χ3n) is 7.22. The molecule has 5 rings (SSSR count). The van der Waals surface area contributed by atoms with Crippen LogP contribution in [0, 0.1) is 5.92 Å². The highest BCUT2D eigenvalue weighted by atomic mass is 35.5. The molecule has 1 atom stereocenters. The summed E-state index contributed by atoms with van der Waals surface area (Å²) in [6.07, 6.45) is 3.08. The zero-order valence-electron chi connectivity index (χ0n) is 18.4. The molecule has 1 aliphatic heterocycles. The number of rotatable bonds is 7. The monoisotopic (exact) mass is 484 g/mol. The van der Waals surface area contributed by atoms with Gasteiger partial charge in [0, 0.05) is 18.0 Å². The molecule has 1 aromatic heterocycles. The van der Waals surface area contributed by atoms with Crippen LogP contribution in [0.5, 0.6) is 0 Å². The molecule has 0 bridgehead atoms. The molecule has 2 N–H and O–H groups in total. The summed E-state index contributed by atoms with van der Waals surface area (Å²) in [7, 11) is 1.97. The van der Waals surface area contributed by atoms with Gasteiger partial charge >= 0.3 is 5.97 Å². The number of halogens is 2. The van der Waals surface area contributed by atoms with Crippen LogP contribution in [0.4, 0.5) is 0 Å². The van der Waals surface area contributed by atoms with E-state index >= 15 is 0 Å². The maximum absolute atomic E-state index is 11.9. The van der Waals surface area contributed by atoms with E-state index < -0.39 is 17.4 Å². The largest absolute Gasteiger partial charge is 0.481 e. The molecule has 2 aliphatic rings. The van der Waals surface area contributed by atoms with Crippen LogP contribution in [-0.4, -0.2) is 28.9 Å². The number of aliphatic carboxylic acids is 1. The van der Waals surface area contributed by atoms with Crippen molar-refractivity contribution >= 4 is 45.8 Å². The smallest absolute Gasteiger partial charge is 0.311 e. The average Bonchev–Trinajstić information content (AvgIpc) is 3.07. The van der Waals surface area contributed by atoms with Crippen molar-refractivity contribution in [3.8, 4) is 0 Å². The molecule has 1 saturated carbocycles. The van der Waals surface area contributed by atoms with Gasteiger partial charge in [-0.1, -0.05) is 60.5 Å². The summed E-state index contributed by atoms with van der Waals surface area (Å²) in [5.74, 6) is -0.939. The molecule has 33 heavy (non-hydrogen) atoms. The van der Waals surface area contributed by atoms with Crippen LogP contribution in [0.2, 0.25) is 10.0 Å². The van der Waals surface area contributed by atoms with Crippen molar-refractivity contribution in [1.82, 2.24) is 9.88 Å². The molecular weight excluding hydrogens is 459 g/mol. The Morgan fingerprint density at radius 1 is 1.21 bits per heavy atom. The van der Waals surface area contributed by atoms with Gasteiger partial charge in [0.15, 0.2) is 0 Å². The Kier molecular flexibility index (Phi) is 5.68.